The lowest BCUT2D eigenvalue weighted by Gasteiger charge is -2.12. The van der Waals surface area contributed by atoms with Gasteiger partial charge in [0.25, 0.3) is 11.5 Å². The fourth-order valence-corrected chi connectivity index (χ4v) is 2.42. The van der Waals surface area contributed by atoms with Crippen molar-refractivity contribution in [2.75, 3.05) is 13.7 Å². The summed E-state index contributed by atoms with van der Waals surface area (Å²) in [6.07, 6.45) is 0. The topological polar surface area (TPSA) is 102 Å². The van der Waals surface area contributed by atoms with Crippen molar-refractivity contribution in [2.45, 2.75) is 19.5 Å². The van der Waals surface area contributed by atoms with Crippen LogP contribution in [0.5, 0.6) is 0 Å². The van der Waals surface area contributed by atoms with Crippen LogP contribution in [0.4, 0.5) is 0 Å². The van der Waals surface area contributed by atoms with Crippen molar-refractivity contribution in [3.8, 4) is 0 Å². The molecule has 25 heavy (non-hydrogen) atoms. The molecule has 130 valence electrons. The van der Waals surface area contributed by atoms with E-state index in [1.807, 2.05) is 31.2 Å². The number of carbonyl (C=O) groups is 1. The number of benzene rings is 1. The number of fused-ring (bicyclic) bond motifs is 1. The number of methoxy groups -OCH3 is 1. The number of carbonyl (C=O) groups excluding carboxylic acids is 1. The predicted octanol–water partition coefficient (Wildman–Crippen LogP) is 1.26. The molecule has 0 saturated heterocycles. The van der Waals surface area contributed by atoms with Crippen LogP contribution in [0.2, 0.25) is 0 Å². The minimum atomic E-state index is -0.376. The number of para-hydroxylation sites is 2. The maximum Gasteiger partial charge on any atom is 0.272 e. The number of amides is 1. The Hall–Kier alpha value is -3.00. The summed E-state index contributed by atoms with van der Waals surface area (Å²) < 4.78 is 6.15. The van der Waals surface area contributed by atoms with Gasteiger partial charge in [0.15, 0.2) is 0 Å². The van der Waals surface area contributed by atoms with Crippen LogP contribution in [0.15, 0.2) is 41.2 Å². The summed E-state index contributed by atoms with van der Waals surface area (Å²) in [5, 5.41) is 6.92. The summed E-state index contributed by atoms with van der Waals surface area (Å²) in [5.41, 5.74) is 1.63. The van der Waals surface area contributed by atoms with Crippen LogP contribution < -0.4 is 10.9 Å². The van der Waals surface area contributed by atoms with Gasteiger partial charge in [0.05, 0.1) is 30.2 Å². The zero-order valence-corrected chi connectivity index (χ0v) is 14.0. The van der Waals surface area contributed by atoms with Crippen LogP contribution in [-0.2, 0) is 11.3 Å². The average molecular weight is 341 g/mol. The maximum atomic E-state index is 12.4. The molecule has 0 fully saturated rings. The molecule has 1 amide bonds. The lowest BCUT2D eigenvalue weighted by molar-refractivity contribution is 0.0929. The number of nitrogens with zero attached hydrogens (tertiary/aromatic N) is 3. The molecule has 0 spiro atoms. The smallest absolute Gasteiger partial charge is 0.272 e. The maximum absolute atomic E-state index is 12.4. The first-order chi connectivity index (χ1) is 12.1. The highest BCUT2D eigenvalue weighted by molar-refractivity contribution is 5.92. The molecule has 8 heteroatoms. The van der Waals surface area contributed by atoms with E-state index in [2.05, 4.69) is 20.4 Å². The SMILES string of the molecule is COCCn1nc(C(=O)NC(C)c2nc3ccccc3[nH]2)ccc1=O. The Morgan fingerprint density at radius 3 is 2.88 bits per heavy atom. The third-order valence-corrected chi connectivity index (χ3v) is 3.77. The van der Waals surface area contributed by atoms with Gasteiger partial charge >= 0.3 is 0 Å². The van der Waals surface area contributed by atoms with Gasteiger partial charge < -0.3 is 15.0 Å². The molecular formula is C17H19N5O3. The first kappa shape index (κ1) is 16.8. The van der Waals surface area contributed by atoms with Gasteiger partial charge in [-0.3, -0.25) is 9.59 Å². The van der Waals surface area contributed by atoms with Crippen molar-refractivity contribution in [1.29, 1.82) is 0 Å². The number of rotatable bonds is 6. The molecule has 2 aromatic heterocycles. The van der Waals surface area contributed by atoms with Crippen LogP contribution in [-0.4, -0.2) is 39.4 Å². The summed E-state index contributed by atoms with van der Waals surface area (Å²) in [5.74, 6) is 0.279. The second-order valence-electron chi connectivity index (χ2n) is 5.61. The quantitative estimate of drug-likeness (QED) is 0.703. The van der Waals surface area contributed by atoms with Gasteiger partial charge in [-0.15, -0.1) is 0 Å². The molecule has 0 radical (unpaired) electrons. The van der Waals surface area contributed by atoms with Crippen LogP contribution >= 0.6 is 0 Å². The van der Waals surface area contributed by atoms with Crippen molar-refractivity contribution in [3.63, 3.8) is 0 Å². The second-order valence-corrected chi connectivity index (χ2v) is 5.61. The van der Waals surface area contributed by atoms with E-state index in [1.165, 1.54) is 23.9 Å². The molecule has 3 aromatic rings. The van der Waals surface area contributed by atoms with Crippen molar-refractivity contribution in [1.82, 2.24) is 25.1 Å². The number of hydrogen-bond donors (Lipinski definition) is 2. The van der Waals surface area contributed by atoms with Gasteiger partial charge in [-0.2, -0.15) is 5.10 Å². The lowest BCUT2D eigenvalue weighted by Crippen LogP contribution is -2.32. The number of H-pyrrole nitrogens is 1. The van der Waals surface area contributed by atoms with E-state index in [4.69, 9.17) is 4.74 Å². The van der Waals surface area contributed by atoms with Gasteiger partial charge in [-0.1, -0.05) is 12.1 Å². The molecule has 0 aliphatic heterocycles. The van der Waals surface area contributed by atoms with Crippen molar-refractivity contribution >= 4 is 16.9 Å². The number of aromatic nitrogens is 4. The molecule has 1 atom stereocenters. The molecular weight excluding hydrogens is 322 g/mol. The molecule has 2 N–H and O–H groups in total. The Morgan fingerprint density at radius 2 is 2.12 bits per heavy atom. The summed E-state index contributed by atoms with van der Waals surface area (Å²) >= 11 is 0. The first-order valence-electron chi connectivity index (χ1n) is 7.91. The number of nitrogens with one attached hydrogen (secondary N) is 2. The van der Waals surface area contributed by atoms with E-state index in [-0.39, 0.29) is 29.7 Å². The summed E-state index contributed by atoms with van der Waals surface area (Å²) in [6, 6.07) is 10.0. The number of ether oxygens (including phenoxy) is 1. The lowest BCUT2D eigenvalue weighted by atomic mass is 10.3. The Balaban J connectivity index is 1.75. The van der Waals surface area contributed by atoms with Gasteiger partial charge in [0.1, 0.15) is 11.5 Å². The van der Waals surface area contributed by atoms with E-state index in [0.717, 1.165) is 11.0 Å². The van der Waals surface area contributed by atoms with Crippen LogP contribution in [0, 0.1) is 0 Å². The Morgan fingerprint density at radius 1 is 1.32 bits per heavy atom. The van der Waals surface area contributed by atoms with E-state index in [9.17, 15) is 9.59 Å². The Labute approximate surface area is 143 Å². The van der Waals surface area contributed by atoms with Crippen LogP contribution in [0.3, 0.4) is 0 Å². The van der Waals surface area contributed by atoms with Crippen LogP contribution in [0.1, 0.15) is 29.3 Å². The summed E-state index contributed by atoms with van der Waals surface area (Å²) in [6.45, 7) is 2.46. The molecule has 1 unspecified atom stereocenters. The fourth-order valence-electron chi connectivity index (χ4n) is 2.42. The average Bonchev–Trinajstić information content (AvgIpc) is 3.05. The largest absolute Gasteiger partial charge is 0.383 e. The molecule has 8 nitrogen and oxygen atoms in total. The second kappa shape index (κ2) is 7.27. The molecule has 0 saturated carbocycles. The highest BCUT2D eigenvalue weighted by Crippen LogP contribution is 2.15. The number of hydrogen-bond acceptors (Lipinski definition) is 5. The highest BCUT2D eigenvalue weighted by atomic mass is 16.5. The standard InChI is InChI=1S/C17H19N5O3/c1-11(16-19-12-5-3-4-6-13(12)20-16)18-17(24)14-7-8-15(23)22(21-14)9-10-25-2/h3-8,11H,9-10H2,1-2H3,(H,18,24)(H,19,20). The van der Waals surface area contributed by atoms with Gasteiger partial charge in [0, 0.05) is 13.2 Å². The summed E-state index contributed by atoms with van der Waals surface area (Å²) in [4.78, 5) is 31.8. The number of aromatic amines is 1. The van der Waals surface area contributed by atoms with Gasteiger partial charge in [-0.25, -0.2) is 9.67 Å². The monoisotopic (exact) mass is 341 g/mol. The third kappa shape index (κ3) is 3.74. The minimum absolute atomic E-state index is 0.165. The predicted molar refractivity (Wildman–Crippen MR) is 92.3 cm³/mol. The normalized spacial score (nSPS) is 12.2. The molecule has 0 bridgehead atoms. The zero-order valence-electron chi connectivity index (χ0n) is 14.0. The third-order valence-electron chi connectivity index (χ3n) is 3.77. The molecule has 1 aromatic carbocycles. The molecule has 2 heterocycles. The summed E-state index contributed by atoms with van der Waals surface area (Å²) in [7, 11) is 1.54. The highest BCUT2D eigenvalue weighted by Gasteiger charge is 2.16. The van der Waals surface area contributed by atoms with Crippen molar-refractivity contribution in [3.05, 3.63) is 58.3 Å². The first-order valence-corrected chi connectivity index (χ1v) is 7.91. The van der Waals surface area contributed by atoms with E-state index in [1.54, 1.807) is 0 Å². The number of imidazole rings is 1. The van der Waals surface area contributed by atoms with Gasteiger partial charge in [0.2, 0.25) is 0 Å². The van der Waals surface area contributed by atoms with Gasteiger partial charge in [-0.05, 0) is 25.1 Å². The van der Waals surface area contributed by atoms with Crippen LogP contribution in [0.25, 0.3) is 11.0 Å². The fraction of sp³-hybridized carbons (Fsp3) is 0.294. The Kier molecular flexibility index (Phi) is 4.90. The Bertz CT molecular complexity index is 914. The zero-order chi connectivity index (χ0) is 17.8. The van der Waals surface area contributed by atoms with E-state index < -0.39 is 0 Å². The molecule has 3 rings (SSSR count). The van der Waals surface area contributed by atoms with Crippen molar-refractivity contribution < 1.29 is 9.53 Å². The minimum Gasteiger partial charge on any atom is -0.383 e. The van der Waals surface area contributed by atoms with E-state index >= 15 is 0 Å². The molecule has 0 aliphatic rings. The molecule has 0 aliphatic carbocycles. The van der Waals surface area contributed by atoms with E-state index in [0.29, 0.717) is 12.4 Å². The van der Waals surface area contributed by atoms with Crippen molar-refractivity contribution in [2.24, 2.45) is 0 Å².